The van der Waals surface area contributed by atoms with Crippen LogP contribution in [0.5, 0.6) is 5.75 Å². The van der Waals surface area contributed by atoms with Crippen LogP contribution in [-0.4, -0.2) is 19.1 Å². The van der Waals surface area contributed by atoms with Gasteiger partial charge in [-0.05, 0) is 30.7 Å². The maximum Gasteiger partial charge on any atom is 0.225 e. The van der Waals surface area contributed by atoms with E-state index in [4.69, 9.17) is 10.5 Å². The number of ether oxygens (including phenoxy) is 1. The van der Waals surface area contributed by atoms with Crippen molar-refractivity contribution in [3.05, 3.63) is 59.7 Å². The molecular weight excluding hydrogens is 312 g/mol. The average Bonchev–Trinajstić information content (AvgIpc) is 2.47. The van der Waals surface area contributed by atoms with Gasteiger partial charge in [0.2, 0.25) is 5.91 Å². The molecule has 0 bridgehead atoms. The molecule has 1 atom stereocenters. The Morgan fingerprint density at radius 3 is 2.52 bits per heavy atom. The van der Waals surface area contributed by atoms with E-state index < -0.39 is 0 Å². The summed E-state index contributed by atoms with van der Waals surface area (Å²) in [4.78, 5) is 11.8. The number of rotatable bonds is 6. The van der Waals surface area contributed by atoms with Crippen molar-refractivity contribution in [3.8, 4) is 5.75 Å². The van der Waals surface area contributed by atoms with E-state index in [1.807, 2.05) is 43.3 Å². The predicted octanol–water partition coefficient (Wildman–Crippen LogP) is 3.38. The Balaban J connectivity index is 0.00000264. The molecule has 2 aromatic rings. The minimum absolute atomic E-state index is 0. The number of nitrogens with one attached hydrogen (secondary N) is 1. The molecule has 0 spiro atoms. The summed E-state index contributed by atoms with van der Waals surface area (Å²) in [5.41, 5.74) is 8.63. The first-order valence-corrected chi connectivity index (χ1v) is 7.34. The molecule has 0 aliphatic heterocycles. The Morgan fingerprint density at radius 2 is 1.91 bits per heavy atom. The molecule has 2 aromatic carbocycles. The van der Waals surface area contributed by atoms with E-state index in [9.17, 15) is 4.79 Å². The van der Waals surface area contributed by atoms with E-state index in [0.717, 1.165) is 23.4 Å². The molecule has 1 unspecified atom stereocenters. The third-order valence-corrected chi connectivity index (χ3v) is 3.31. The van der Waals surface area contributed by atoms with Crippen LogP contribution in [0.25, 0.3) is 0 Å². The third-order valence-electron chi connectivity index (χ3n) is 3.31. The Morgan fingerprint density at radius 1 is 1.22 bits per heavy atom. The van der Waals surface area contributed by atoms with Gasteiger partial charge in [0, 0.05) is 30.1 Å². The highest BCUT2D eigenvalue weighted by atomic mass is 35.5. The highest BCUT2D eigenvalue weighted by Crippen LogP contribution is 2.25. The van der Waals surface area contributed by atoms with Gasteiger partial charge in [-0.15, -0.1) is 12.4 Å². The summed E-state index contributed by atoms with van der Waals surface area (Å²) in [6.07, 6.45) is 1.06. The minimum atomic E-state index is -0.151. The standard InChI is InChI=1S/C18H22N2O2.ClH/c1-13(19)10-18(21)20-16-8-9-17(22-2)15(12-16)11-14-6-4-3-5-7-14;/h3-9,12-13H,10-11,19H2,1-2H3,(H,20,21);1H. The molecule has 1 amide bonds. The fourth-order valence-corrected chi connectivity index (χ4v) is 2.31. The van der Waals surface area contributed by atoms with Crippen LogP contribution < -0.4 is 15.8 Å². The van der Waals surface area contributed by atoms with Gasteiger partial charge in [-0.2, -0.15) is 0 Å². The topological polar surface area (TPSA) is 64.3 Å². The maximum atomic E-state index is 11.8. The molecule has 2 rings (SSSR count). The summed E-state index contributed by atoms with van der Waals surface area (Å²) in [6.45, 7) is 1.81. The van der Waals surface area contributed by atoms with Crippen molar-refractivity contribution in [1.82, 2.24) is 0 Å². The molecule has 0 saturated carbocycles. The normalized spacial score (nSPS) is 11.3. The molecule has 23 heavy (non-hydrogen) atoms. The minimum Gasteiger partial charge on any atom is -0.496 e. The number of hydrogen-bond donors (Lipinski definition) is 2. The van der Waals surface area contributed by atoms with E-state index in [1.165, 1.54) is 5.56 Å². The van der Waals surface area contributed by atoms with Crippen LogP contribution in [0.15, 0.2) is 48.5 Å². The lowest BCUT2D eigenvalue weighted by atomic mass is 10.0. The molecule has 0 fully saturated rings. The molecule has 5 heteroatoms. The Bertz CT molecular complexity index is 630. The van der Waals surface area contributed by atoms with Crippen LogP contribution in [0.3, 0.4) is 0 Å². The summed E-state index contributed by atoms with van der Waals surface area (Å²) in [5.74, 6) is 0.736. The number of hydrogen-bond acceptors (Lipinski definition) is 3. The van der Waals surface area contributed by atoms with Gasteiger partial charge < -0.3 is 15.8 Å². The smallest absolute Gasteiger partial charge is 0.225 e. The summed E-state index contributed by atoms with van der Waals surface area (Å²) in [7, 11) is 1.65. The maximum absolute atomic E-state index is 11.8. The van der Waals surface area contributed by atoms with Crippen LogP contribution in [0.4, 0.5) is 5.69 Å². The molecule has 0 heterocycles. The van der Waals surface area contributed by atoms with Gasteiger partial charge >= 0.3 is 0 Å². The molecule has 0 aliphatic carbocycles. The zero-order valence-electron chi connectivity index (χ0n) is 13.4. The summed E-state index contributed by atoms with van der Waals surface area (Å²) >= 11 is 0. The number of nitrogens with two attached hydrogens (primary N) is 1. The van der Waals surface area contributed by atoms with Crippen molar-refractivity contribution >= 4 is 24.0 Å². The monoisotopic (exact) mass is 334 g/mol. The number of halogens is 1. The number of carbonyl (C=O) groups excluding carboxylic acids is 1. The quantitative estimate of drug-likeness (QED) is 0.851. The lowest BCUT2D eigenvalue weighted by molar-refractivity contribution is -0.116. The fraction of sp³-hybridized carbons (Fsp3) is 0.278. The van der Waals surface area contributed by atoms with Crippen LogP contribution in [-0.2, 0) is 11.2 Å². The Labute approximate surface area is 143 Å². The highest BCUT2D eigenvalue weighted by Gasteiger charge is 2.09. The van der Waals surface area contributed by atoms with Crippen LogP contribution in [0.2, 0.25) is 0 Å². The molecule has 0 aromatic heterocycles. The summed E-state index contributed by atoms with van der Waals surface area (Å²) in [5, 5.41) is 2.88. The zero-order chi connectivity index (χ0) is 15.9. The van der Waals surface area contributed by atoms with Gasteiger partial charge in [-0.1, -0.05) is 30.3 Å². The summed E-state index contributed by atoms with van der Waals surface area (Å²) in [6, 6.07) is 15.7. The lowest BCUT2D eigenvalue weighted by Gasteiger charge is -2.12. The predicted molar refractivity (Wildman–Crippen MR) is 96.4 cm³/mol. The van der Waals surface area contributed by atoms with Crippen LogP contribution >= 0.6 is 12.4 Å². The molecule has 0 saturated heterocycles. The number of benzene rings is 2. The van der Waals surface area contributed by atoms with Crippen molar-refractivity contribution in [2.45, 2.75) is 25.8 Å². The van der Waals surface area contributed by atoms with Crippen LogP contribution in [0.1, 0.15) is 24.5 Å². The second kappa shape index (κ2) is 9.18. The first kappa shape index (κ1) is 19.0. The molecular formula is C18H23ClN2O2. The molecule has 3 N–H and O–H groups in total. The average molecular weight is 335 g/mol. The Kier molecular flexibility index (Phi) is 7.59. The van der Waals surface area contributed by atoms with Crippen molar-refractivity contribution in [3.63, 3.8) is 0 Å². The van der Waals surface area contributed by atoms with Crippen LogP contribution in [0, 0.1) is 0 Å². The van der Waals surface area contributed by atoms with Crippen molar-refractivity contribution in [2.75, 3.05) is 12.4 Å². The van der Waals surface area contributed by atoms with E-state index >= 15 is 0 Å². The zero-order valence-corrected chi connectivity index (χ0v) is 14.2. The van der Waals surface area contributed by atoms with Gasteiger partial charge in [0.25, 0.3) is 0 Å². The molecule has 4 nitrogen and oxygen atoms in total. The number of carbonyl (C=O) groups is 1. The first-order valence-electron chi connectivity index (χ1n) is 7.34. The van der Waals surface area contributed by atoms with Crippen molar-refractivity contribution in [2.24, 2.45) is 5.73 Å². The highest BCUT2D eigenvalue weighted by molar-refractivity contribution is 5.91. The molecule has 0 aliphatic rings. The molecule has 0 radical (unpaired) electrons. The number of anilines is 1. The van der Waals surface area contributed by atoms with E-state index in [-0.39, 0.29) is 24.4 Å². The van der Waals surface area contributed by atoms with Gasteiger partial charge in [0.15, 0.2) is 0 Å². The van der Waals surface area contributed by atoms with Crippen molar-refractivity contribution < 1.29 is 9.53 Å². The van der Waals surface area contributed by atoms with Gasteiger partial charge in [-0.3, -0.25) is 4.79 Å². The number of methoxy groups -OCH3 is 1. The Hall–Kier alpha value is -2.04. The lowest BCUT2D eigenvalue weighted by Crippen LogP contribution is -2.24. The van der Waals surface area contributed by atoms with Gasteiger partial charge in [0.1, 0.15) is 5.75 Å². The van der Waals surface area contributed by atoms with Gasteiger partial charge in [0.05, 0.1) is 7.11 Å². The van der Waals surface area contributed by atoms with E-state index in [2.05, 4.69) is 17.4 Å². The summed E-state index contributed by atoms with van der Waals surface area (Å²) < 4.78 is 5.41. The van der Waals surface area contributed by atoms with Gasteiger partial charge in [-0.25, -0.2) is 0 Å². The largest absolute Gasteiger partial charge is 0.496 e. The van der Waals surface area contributed by atoms with E-state index in [1.54, 1.807) is 7.11 Å². The molecule has 124 valence electrons. The second-order valence-electron chi connectivity index (χ2n) is 5.42. The van der Waals surface area contributed by atoms with Crippen molar-refractivity contribution in [1.29, 1.82) is 0 Å². The first-order chi connectivity index (χ1) is 10.6. The van der Waals surface area contributed by atoms with E-state index in [0.29, 0.717) is 6.42 Å². The third kappa shape index (κ3) is 5.93. The second-order valence-corrected chi connectivity index (χ2v) is 5.42. The fourth-order valence-electron chi connectivity index (χ4n) is 2.31. The number of amides is 1. The SMILES string of the molecule is COc1ccc(NC(=O)CC(C)N)cc1Cc1ccccc1.Cl.